The highest BCUT2D eigenvalue weighted by atomic mass is 16.5. The Morgan fingerprint density at radius 1 is 1.11 bits per heavy atom. The zero-order chi connectivity index (χ0) is 13.1. The largest absolute Gasteiger partial charge is 0.375 e. The first-order valence-electron chi connectivity index (χ1n) is 8.10. The van der Waals surface area contributed by atoms with E-state index in [1.807, 2.05) is 0 Å². The second-order valence-electron chi connectivity index (χ2n) is 6.62. The van der Waals surface area contributed by atoms with Crippen molar-refractivity contribution in [1.29, 1.82) is 5.26 Å². The predicted octanol–water partition coefficient (Wildman–Crippen LogP) is 3.25. The molecule has 106 valence electrons. The van der Waals surface area contributed by atoms with Crippen molar-refractivity contribution in [3.05, 3.63) is 0 Å². The van der Waals surface area contributed by atoms with Gasteiger partial charge in [0.2, 0.25) is 0 Å². The molecule has 0 N–H and O–H groups in total. The number of hydrogen-bond acceptors (Lipinski definition) is 3. The Morgan fingerprint density at radius 2 is 1.89 bits per heavy atom. The van der Waals surface area contributed by atoms with Crippen LogP contribution in [0.25, 0.3) is 0 Å². The average molecular weight is 262 g/mol. The van der Waals surface area contributed by atoms with Crippen LogP contribution < -0.4 is 0 Å². The van der Waals surface area contributed by atoms with E-state index in [-0.39, 0.29) is 5.60 Å². The predicted molar refractivity (Wildman–Crippen MR) is 74.7 cm³/mol. The van der Waals surface area contributed by atoms with Gasteiger partial charge in [0.15, 0.2) is 0 Å². The van der Waals surface area contributed by atoms with Crippen LogP contribution in [0.1, 0.15) is 64.2 Å². The number of ether oxygens (including phenoxy) is 1. The molecule has 1 spiro atoms. The molecule has 0 amide bonds. The lowest BCUT2D eigenvalue weighted by molar-refractivity contribution is -0.125. The fourth-order valence-electron chi connectivity index (χ4n) is 4.08. The van der Waals surface area contributed by atoms with Gasteiger partial charge in [-0.2, -0.15) is 5.26 Å². The quantitative estimate of drug-likeness (QED) is 0.780. The first-order valence-corrected chi connectivity index (χ1v) is 8.10. The molecule has 1 heterocycles. The van der Waals surface area contributed by atoms with Gasteiger partial charge in [-0.1, -0.05) is 19.3 Å². The van der Waals surface area contributed by atoms with E-state index in [0.29, 0.717) is 12.5 Å². The minimum atomic E-state index is 0.195. The Hall–Kier alpha value is -0.590. The molecule has 3 fully saturated rings. The molecule has 2 aliphatic carbocycles. The number of hydrogen-bond donors (Lipinski definition) is 0. The van der Waals surface area contributed by atoms with Crippen molar-refractivity contribution in [2.75, 3.05) is 13.2 Å². The topological polar surface area (TPSA) is 36.3 Å². The van der Waals surface area contributed by atoms with Gasteiger partial charge in [0.25, 0.3) is 0 Å². The van der Waals surface area contributed by atoms with Gasteiger partial charge in [0.1, 0.15) is 0 Å². The van der Waals surface area contributed by atoms with E-state index in [9.17, 15) is 0 Å². The van der Waals surface area contributed by atoms with Crippen molar-refractivity contribution in [1.82, 2.24) is 4.90 Å². The van der Waals surface area contributed by atoms with Crippen LogP contribution in [0, 0.1) is 11.3 Å². The summed E-state index contributed by atoms with van der Waals surface area (Å²) in [6.07, 6.45) is 12.4. The minimum Gasteiger partial charge on any atom is -0.375 e. The molecule has 1 saturated heterocycles. The summed E-state index contributed by atoms with van der Waals surface area (Å²) in [5, 5.41) is 8.86. The van der Waals surface area contributed by atoms with Gasteiger partial charge < -0.3 is 4.74 Å². The highest BCUT2D eigenvalue weighted by Gasteiger charge is 2.43. The van der Waals surface area contributed by atoms with Crippen molar-refractivity contribution in [2.24, 2.45) is 0 Å². The van der Waals surface area contributed by atoms with E-state index in [1.54, 1.807) is 0 Å². The van der Waals surface area contributed by atoms with Gasteiger partial charge in [-0.15, -0.1) is 0 Å². The van der Waals surface area contributed by atoms with Crippen LogP contribution in [-0.2, 0) is 4.74 Å². The molecule has 3 aliphatic rings. The van der Waals surface area contributed by atoms with Crippen LogP contribution in [0.15, 0.2) is 0 Å². The van der Waals surface area contributed by atoms with Crippen LogP contribution in [0.3, 0.4) is 0 Å². The van der Waals surface area contributed by atoms with Gasteiger partial charge in [-0.05, 0) is 38.5 Å². The van der Waals surface area contributed by atoms with Gasteiger partial charge in [-0.3, -0.25) is 4.90 Å². The first kappa shape index (κ1) is 13.4. The summed E-state index contributed by atoms with van der Waals surface area (Å²) in [5.41, 5.74) is 0.195. The van der Waals surface area contributed by atoms with Crippen LogP contribution in [0.2, 0.25) is 0 Å². The maximum Gasteiger partial charge on any atom is 0.0697 e. The molecular weight excluding hydrogens is 236 g/mol. The Morgan fingerprint density at radius 3 is 2.58 bits per heavy atom. The third-order valence-electron chi connectivity index (χ3n) is 5.20. The lowest BCUT2D eigenvalue weighted by atomic mass is 9.78. The zero-order valence-electron chi connectivity index (χ0n) is 11.9. The fourth-order valence-corrected chi connectivity index (χ4v) is 4.08. The normalized spacial score (nSPS) is 30.4. The third-order valence-corrected chi connectivity index (χ3v) is 5.20. The monoisotopic (exact) mass is 262 g/mol. The van der Waals surface area contributed by atoms with Crippen molar-refractivity contribution in [2.45, 2.75) is 81.9 Å². The Balaban J connectivity index is 1.63. The molecule has 0 radical (unpaired) electrons. The number of nitrogens with zero attached hydrogens (tertiary/aromatic N) is 2. The van der Waals surface area contributed by atoms with Gasteiger partial charge in [-0.25, -0.2) is 0 Å². The summed E-state index contributed by atoms with van der Waals surface area (Å²) in [5.74, 6) is 0. The standard InChI is InChI=1S/C16H26N2O/c17-10-4-11-18(14-5-6-14)15-7-12-19-16(13-15)8-2-1-3-9-16/h14-15H,1-9,11-13H2. The smallest absolute Gasteiger partial charge is 0.0697 e. The fraction of sp³-hybridized carbons (Fsp3) is 0.938. The second-order valence-corrected chi connectivity index (χ2v) is 6.62. The van der Waals surface area contributed by atoms with E-state index in [0.717, 1.165) is 19.2 Å². The summed E-state index contributed by atoms with van der Waals surface area (Å²) >= 11 is 0. The molecule has 2 saturated carbocycles. The highest BCUT2D eigenvalue weighted by molar-refractivity contribution is 4.97. The summed E-state index contributed by atoms with van der Waals surface area (Å²) < 4.78 is 6.20. The van der Waals surface area contributed by atoms with Crippen molar-refractivity contribution in [3.8, 4) is 6.07 Å². The molecule has 0 bridgehead atoms. The lowest BCUT2D eigenvalue weighted by Gasteiger charge is -2.46. The maximum absolute atomic E-state index is 8.86. The maximum atomic E-state index is 8.86. The van der Waals surface area contributed by atoms with Gasteiger partial charge in [0, 0.05) is 31.7 Å². The molecule has 19 heavy (non-hydrogen) atoms. The molecular formula is C16H26N2O. The molecule has 0 aromatic carbocycles. The second kappa shape index (κ2) is 5.81. The van der Waals surface area contributed by atoms with E-state index < -0.39 is 0 Å². The minimum absolute atomic E-state index is 0.195. The zero-order valence-corrected chi connectivity index (χ0v) is 11.9. The molecule has 3 nitrogen and oxygen atoms in total. The van der Waals surface area contributed by atoms with Crippen LogP contribution in [-0.4, -0.2) is 35.7 Å². The Bertz CT molecular complexity index is 334. The third kappa shape index (κ3) is 3.12. The average Bonchev–Trinajstić information content (AvgIpc) is 3.25. The molecule has 1 unspecified atom stereocenters. The van der Waals surface area contributed by atoms with E-state index in [1.165, 1.54) is 57.8 Å². The number of rotatable bonds is 4. The van der Waals surface area contributed by atoms with Crippen molar-refractivity contribution < 1.29 is 4.74 Å². The summed E-state index contributed by atoms with van der Waals surface area (Å²) in [6, 6.07) is 3.77. The first-order chi connectivity index (χ1) is 9.33. The van der Waals surface area contributed by atoms with Gasteiger partial charge in [0.05, 0.1) is 11.7 Å². The lowest BCUT2D eigenvalue weighted by Crippen LogP contribution is -2.50. The highest BCUT2D eigenvalue weighted by Crippen LogP contribution is 2.42. The van der Waals surface area contributed by atoms with Crippen LogP contribution in [0.4, 0.5) is 0 Å². The van der Waals surface area contributed by atoms with E-state index in [4.69, 9.17) is 10.00 Å². The number of nitriles is 1. The molecule has 0 aromatic rings. The molecule has 3 rings (SSSR count). The summed E-state index contributed by atoms with van der Waals surface area (Å²) in [6.45, 7) is 1.91. The Kier molecular flexibility index (Phi) is 4.10. The molecule has 0 aromatic heterocycles. The molecule has 1 atom stereocenters. The summed E-state index contributed by atoms with van der Waals surface area (Å²) in [4.78, 5) is 2.64. The molecule has 3 heteroatoms. The van der Waals surface area contributed by atoms with Crippen molar-refractivity contribution in [3.63, 3.8) is 0 Å². The van der Waals surface area contributed by atoms with Crippen molar-refractivity contribution >= 4 is 0 Å². The Labute approximate surface area is 116 Å². The van der Waals surface area contributed by atoms with E-state index in [2.05, 4.69) is 11.0 Å². The van der Waals surface area contributed by atoms with E-state index >= 15 is 0 Å². The SMILES string of the molecule is N#CCCN(C1CC1)C1CCOC2(CCCCC2)C1. The van der Waals surface area contributed by atoms with Gasteiger partial charge >= 0.3 is 0 Å². The van der Waals surface area contributed by atoms with Crippen LogP contribution in [0.5, 0.6) is 0 Å². The van der Waals surface area contributed by atoms with Crippen LogP contribution >= 0.6 is 0 Å². The molecule has 1 aliphatic heterocycles. The summed E-state index contributed by atoms with van der Waals surface area (Å²) in [7, 11) is 0.